The Morgan fingerprint density at radius 3 is 2.87 bits per heavy atom. The van der Waals surface area contributed by atoms with E-state index in [1.807, 2.05) is 19.1 Å². The van der Waals surface area contributed by atoms with Gasteiger partial charge in [0, 0.05) is 18.4 Å². The summed E-state index contributed by atoms with van der Waals surface area (Å²) >= 11 is 0. The zero-order valence-electron chi connectivity index (χ0n) is 9.16. The number of benzene rings is 1. The lowest BCUT2D eigenvalue weighted by atomic mass is 10.1. The summed E-state index contributed by atoms with van der Waals surface area (Å²) in [5.41, 5.74) is 2.17. The third-order valence-electron chi connectivity index (χ3n) is 2.58. The minimum atomic E-state index is 0.204. The van der Waals surface area contributed by atoms with Crippen LogP contribution in [0.25, 0.3) is 11.0 Å². The van der Waals surface area contributed by atoms with Crippen LogP contribution in [0.4, 0.5) is 0 Å². The van der Waals surface area contributed by atoms with E-state index in [-0.39, 0.29) is 12.5 Å². The predicted octanol–water partition coefficient (Wildman–Crippen LogP) is 2.91. The summed E-state index contributed by atoms with van der Waals surface area (Å²) in [6, 6.07) is 8.23. The summed E-state index contributed by atoms with van der Waals surface area (Å²) in [6.45, 7) is 4.29. The lowest BCUT2D eigenvalue weighted by Crippen LogP contribution is -2.03. The van der Waals surface area contributed by atoms with Crippen molar-refractivity contribution in [3.8, 4) is 0 Å². The van der Waals surface area contributed by atoms with Gasteiger partial charge in [-0.05, 0) is 31.0 Å². The minimum absolute atomic E-state index is 0.204. The second-order valence-corrected chi connectivity index (χ2v) is 4.25. The maximum atomic E-state index is 8.97. The van der Waals surface area contributed by atoms with E-state index in [2.05, 4.69) is 19.1 Å². The SMILES string of the molecule is Cc1ccc2oc(CC(C)CO)cc2c1. The molecule has 15 heavy (non-hydrogen) atoms. The van der Waals surface area contributed by atoms with Crippen molar-refractivity contribution < 1.29 is 9.52 Å². The highest BCUT2D eigenvalue weighted by atomic mass is 16.3. The number of aliphatic hydroxyl groups excluding tert-OH is 1. The van der Waals surface area contributed by atoms with Crippen molar-refractivity contribution in [3.05, 3.63) is 35.6 Å². The number of furan rings is 1. The molecule has 0 fully saturated rings. The lowest BCUT2D eigenvalue weighted by molar-refractivity contribution is 0.232. The van der Waals surface area contributed by atoms with Gasteiger partial charge in [-0.1, -0.05) is 18.6 Å². The topological polar surface area (TPSA) is 33.4 Å². The first-order chi connectivity index (χ1) is 7.19. The Kier molecular flexibility index (Phi) is 2.78. The quantitative estimate of drug-likeness (QED) is 0.834. The highest BCUT2D eigenvalue weighted by Gasteiger charge is 2.07. The van der Waals surface area contributed by atoms with E-state index in [1.165, 1.54) is 5.56 Å². The molecular weight excluding hydrogens is 188 g/mol. The summed E-state index contributed by atoms with van der Waals surface area (Å²) in [5.74, 6) is 1.21. The average Bonchev–Trinajstić information content (AvgIpc) is 2.59. The number of aryl methyl sites for hydroxylation is 1. The molecule has 0 saturated carbocycles. The molecule has 2 rings (SSSR count). The molecule has 0 aliphatic carbocycles. The van der Waals surface area contributed by atoms with Gasteiger partial charge >= 0.3 is 0 Å². The molecule has 0 bridgehead atoms. The van der Waals surface area contributed by atoms with Gasteiger partial charge in [0.15, 0.2) is 0 Å². The molecule has 0 saturated heterocycles. The fourth-order valence-corrected chi connectivity index (χ4v) is 1.73. The fourth-order valence-electron chi connectivity index (χ4n) is 1.73. The molecule has 1 N–H and O–H groups in total. The van der Waals surface area contributed by atoms with Crippen LogP contribution >= 0.6 is 0 Å². The van der Waals surface area contributed by atoms with Gasteiger partial charge in [0.05, 0.1) is 0 Å². The molecule has 1 aromatic carbocycles. The summed E-state index contributed by atoms with van der Waals surface area (Å²) in [7, 11) is 0. The molecule has 1 atom stereocenters. The Hall–Kier alpha value is -1.28. The Labute approximate surface area is 89.5 Å². The Balaban J connectivity index is 2.30. The first-order valence-corrected chi connectivity index (χ1v) is 5.29. The van der Waals surface area contributed by atoms with E-state index in [0.717, 1.165) is 23.2 Å². The molecule has 0 aliphatic rings. The minimum Gasteiger partial charge on any atom is -0.461 e. The molecule has 0 aliphatic heterocycles. The third kappa shape index (κ3) is 2.21. The zero-order chi connectivity index (χ0) is 10.8. The van der Waals surface area contributed by atoms with Crippen LogP contribution in [0.1, 0.15) is 18.2 Å². The molecule has 80 valence electrons. The van der Waals surface area contributed by atoms with Crippen molar-refractivity contribution in [1.29, 1.82) is 0 Å². The van der Waals surface area contributed by atoms with Crippen LogP contribution < -0.4 is 0 Å². The van der Waals surface area contributed by atoms with E-state index >= 15 is 0 Å². The molecule has 1 heterocycles. The molecule has 2 nitrogen and oxygen atoms in total. The number of fused-ring (bicyclic) bond motifs is 1. The predicted molar refractivity (Wildman–Crippen MR) is 60.9 cm³/mol. The second kappa shape index (κ2) is 4.07. The van der Waals surface area contributed by atoms with Crippen LogP contribution in [0.3, 0.4) is 0 Å². The molecule has 2 aromatic rings. The number of hydrogen-bond acceptors (Lipinski definition) is 2. The van der Waals surface area contributed by atoms with Crippen LogP contribution in [0.15, 0.2) is 28.7 Å². The Morgan fingerprint density at radius 2 is 2.13 bits per heavy atom. The number of rotatable bonds is 3. The normalized spacial score (nSPS) is 13.3. The van der Waals surface area contributed by atoms with Gasteiger partial charge in [0.25, 0.3) is 0 Å². The summed E-state index contributed by atoms with van der Waals surface area (Å²) in [4.78, 5) is 0. The highest BCUT2D eigenvalue weighted by molar-refractivity contribution is 5.78. The van der Waals surface area contributed by atoms with Crippen LogP contribution in [0.5, 0.6) is 0 Å². The summed E-state index contributed by atoms with van der Waals surface area (Å²) in [5, 5.41) is 10.1. The number of aliphatic hydroxyl groups is 1. The second-order valence-electron chi connectivity index (χ2n) is 4.25. The van der Waals surface area contributed by atoms with Crippen molar-refractivity contribution in [1.82, 2.24) is 0 Å². The standard InChI is InChI=1S/C13H16O2/c1-9-3-4-13-11(5-9)7-12(15-13)6-10(2)8-14/h3-5,7,10,14H,6,8H2,1-2H3. The van der Waals surface area contributed by atoms with Gasteiger partial charge in [0.2, 0.25) is 0 Å². The van der Waals surface area contributed by atoms with E-state index in [9.17, 15) is 0 Å². The fraction of sp³-hybridized carbons (Fsp3) is 0.385. The van der Waals surface area contributed by atoms with Crippen molar-refractivity contribution in [2.75, 3.05) is 6.61 Å². The maximum absolute atomic E-state index is 8.97. The lowest BCUT2D eigenvalue weighted by Gasteiger charge is -2.02. The molecule has 0 amide bonds. The average molecular weight is 204 g/mol. The van der Waals surface area contributed by atoms with E-state index in [0.29, 0.717) is 0 Å². The van der Waals surface area contributed by atoms with E-state index < -0.39 is 0 Å². The zero-order valence-corrected chi connectivity index (χ0v) is 9.16. The molecule has 2 heteroatoms. The van der Waals surface area contributed by atoms with Crippen LogP contribution in [-0.2, 0) is 6.42 Å². The Bertz CT molecular complexity index is 457. The van der Waals surface area contributed by atoms with E-state index in [4.69, 9.17) is 9.52 Å². The summed E-state index contributed by atoms with van der Waals surface area (Å²) in [6.07, 6.45) is 0.796. The highest BCUT2D eigenvalue weighted by Crippen LogP contribution is 2.22. The van der Waals surface area contributed by atoms with Crippen molar-refractivity contribution in [2.45, 2.75) is 20.3 Å². The summed E-state index contributed by atoms with van der Waals surface area (Å²) < 4.78 is 5.68. The van der Waals surface area contributed by atoms with Crippen molar-refractivity contribution in [2.24, 2.45) is 5.92 Å². The Morgan fingerprint density at radius 1 is 1.33 bits per heavy atom. The van der Waals surface area contributed by atoms with Gasteiger partial charge in [-0.15, -0.1) is 0 Å². The van der Waals surface area contributed by atoms with Crippen LogP contribution in [-0.4, -0.2) is 11.7 Å². The largest absolute Gasteiger partial charge is 0.461 e. The van der Waals surface area contributed by atoms with E-state index in [1.54, 1.807) is 0 Å². The van der Waals surface area contributed by atoms with Crippen LogP contribution in [0.2, 0.25) is 0 Å². The van der Waals surface area contributed by atoms with Gasteiger partial charge in [-0.3, -0.25) is 0 Å². The smallest absolute Gasteiger partial charge is 0.134 e. The third-order valence-corrected chi connectivity index (χ3v) is 2.58. The van der Waals surface area contributed by atoms with Crippen molar-refractivity contribution >= 4 is 11.0 Å². The first kappa shape index (κ1) is 10.2. The van der Waals surface area contributed by atoms with Crippen molar-refractivity contribution in [3.63, 3.8) is 0 Å². The molecule has 1 unspecified atom stereocenters. The first-order valence-electron chi connectivity index (χ1n) is 5.29. The molecular formula is C13H16O2. The van der Waals surface area contributed by atoms with Gasteiger partial charge in [-0.25, -0.2) is 0 Å². The van der Waals surface area contributed by atoms with Gasteiger partial charge in [-0.2, -0.15) is 0 Å². The molecule has 1 aromatic heterocycles. The maximum Gasteiger partial charge on any atom is 0.134 e. The van der Waals surface area contributed by atoms with Crippen LogP contribution in [0, 0.1) is 12.8 Å². The monoisotopic (exact) mass is 204 g/mol. The number of hydrogen-bond donors (Lipinski definition) is 1. The molecule has 0 spiro atoms. The van der Waals surface area contributed by atoms with Gasteiger partial charge < -0.3 is 9.52 Å². The molecule has 0 radical (unpaired) electrons. The van der Waals surface area contributed by atoms with Gasteiger partial charge in [0.1, 0.15) is 11.3 Å².